The Kier molecular flexibility index (Phi) is 6.52. The topological polar surface area (TPSA) is 96.9 Å². The van der Waals surface area contributed by atoms with Crippen LogP contribution in [0.1, 0.15) is 34.1 Å². The number of ether oxygens (including phenoxy) is 2. The average Bonchev–Trinajstić information content (AvgIpc) is 2.42. The summed E-state index contributed by atoms with van der Waals surface area (Å²) in [6, 6.07) is 0. The van der Waals surface area contributed by atoms with Gasteiger partial charge in [0.1, 0.15) is 6.10 Å². The highest BCUT2D eigenvalue weighted by Gasteiger charge is 2.45. The molecule has 7 heteroatoms. The van der Waals surface area contributed by atoms with Crippen molar-refractivity contribution in [2.75, 3.05) is 19.8 Å². The maximum atomic E-state index is 12.2. The van der Waals surface area contributed by atoms with Crippen LogP contribution in [0.5, 0.6) is 0 Å². The van der Waals surface area contributed by atoms with Gasteiger partial charge in [-0.1, -0.05) is 13.8 Å². The van der Waals surface area contributed by atoms with Crippen molar-refractivity contribution >= 4 is 11.8 Å². The van der Waals surface area contributed by atoms with Gasteiger partial charge in [0.05, 0.1) is 6.61 Å². The molecule has 3 N–H and O–H groups in total. The largest absolute Gasteiger partial charge is 0.396 e. The number of aliphatic hydroxyl groups is 1. The molecule has 1 aliphatic heterocycles. The highest BCUT2D eigenvalue weighted by molar-refractivity contribution is 5.89. The fourth-order valence-corrected chi connectivity index (χ4v) is 1.95. The van der Waals surface area contributed by atoms with E-state index < -0.39 is 17.3 Å². The predicted molar refractivity (Wildman–Crippen MR) is 80.7 cm³/mol. The number of hydrogen-bond acceptors (Lipinski definition) is 5. The molecule has 7 nitrogen and oxygen atoms in total. The first-order valence-electron chi connectivity index (χ1n) is 7.35. The molecule has 1 unspecified atom stereocenters. The van der Waals surface area contributed by atoms with Gasteiger partial charge in [-0.25, -0.2) is 0 Å². The third-order valence-corrected chi connectivity index (χ3v) is 3.24. The van der Waals surface area contributed by atoms with E-state index in [1.807, 2.05) is 13.8 Å². The van der Waals surface area contributed by atoms with Gasteiger partial charge in [0.2, 0.25) is 5.91 Å². The van der Waals surface area contributed by atoms with Crippen molar-refractivity contribution in [2.45, 2.75) is 46.0 Å². The molecule has 0 saturated carbocycles. The van der Waals surface area contributed by atoms with Crippen LogP contribution in [0.25, 0.3) is 0 Å². The molecule has 1 atom stereocenters. The summed E-state index contributed by atoms with van der Waals surface area (Å²) in [4.78, 5) is 23.7. The summed E-state index contributed by atoms with van der Waals surface area (Å²) in [6.07, 6.45) is 2.34. The lowest BCUT2D eigenvalue weighted by molar-refractivity contribution is -0.303. The first-order valence-corrected chi connectivity index (χ1v) is 7.35. The van der Waals surface area contributed by atoms with Crippen molar-refractivity contribution in [3.05, 3.63) is 12.3 Å². The summed E-state index contributed by atoms with van der Waals surface area (Å²) in [5.41, 5.74) is -0.461. The van der Waals surface area contributed by atoms with Gasteiger partial charge in [0.15, 0.2) is 5.79 Å². The van der Waals surface area contributed by atoms with Crippen molar-refractivity contribution in [1.82, 2.24) is 10.6 Å². The minimum atomic E-state index is -0.817. The Morgan fingerprint density at radius 2 is 2.00 bits per heavy atom. The van der Waals surface area contributed by atoms with Crippen LogP contribution < -0.4 is 10.6 Å². The second kappa shape index (κ2) is 7.71. The Bertz CT molecular complexity index is 432. The Morgan fingerprint density at radius 3 is 2.64 bits per heavy atom. The molecular weight excluding hydrogens is 288 g/mol. The second-order valence-electron chi connectivity index (χ2n) is 6.39. The molecule has 0 aromatic carbocycles. The lowest BCUT2D eigenvalue weighted by atomic mass is 9.85. The third kappa shape index (κ3) is 5.75. The monoisotopic (exact) mass is 314 g/mol. The van der Waals surface area contributed by atoms with Crippen molar-refractivity contribution in [2.24, 2.45) is 5.41 Å². The first kappa shape index (κ1) is 18.6. The quantitative estimate of drug-likeness (QED) is 0.484. The minimum absolute atomic E-state index is 0.0205. The van der Waals surface area contributed by atoms with Gasteiger partial charge in [-0.2, -0.15) is 0 Å². The van der Waals surface area contributed by atoms with E-state index in [-0.39, 0.29) is 18.4 Å². The van der Waals surface area contributed by atoms with Crippen LogP contribution in [0.2, 0.25) is 0 Å². The van der Waals surface area contributed by atoms with E-state index >= 15 is 0 Å². The summed E-state index contributed by atoms with van der Waals surface area (Å²) in [7, 11) is 0. The van der Waals surface area contributed by atoms with Crippen molar-refractivity contribution < 1.29 is 24.2 Å². The standard InChI is InChI=1S/C15H26N2O5/c1-14(2)10-21-15(3,4)22-12(14)13(20)17-8-6-11(19)16-7-5-9-18/h6,8,12,18H,5,7,9-10H2,1-4H3,(H,16,19)(H,17,20)/b8-6+. The zero-order chi connectivity index (χ0) is 16.8. The van der Waals surface area contributed by atoms with Crippen LogP contribution in [0.15, 0.2) is 12.3 Å². The van der Waals surface area contributed by atoms with Crippen LogP contribution in [0, 0.1) is 5.41 Å². The maximum Gasteiger partial charge on any atom is 0.253 e. The number of amides is 2. The number of aliphatic hydroxyl groups excluding tert-OH is 1. The normalized spacial score (nSPS) is 23.2. The van der Waals surface area contributed by atoms with Gasteiger partial charge in [-0.05, 0) is 20.3 Å². The van der Waals surface area contributed by atoms with E-state index in [2.05, 4.69) is 10.6 Å². The first-order chi connectivity index (χ1) is 10.2. The Hall–Kier alpha value is -1.44. The fourth-order valence-electron chi connectivity index (χ4n) is 1.95. The summed E-state index contributed by atoms with van der Waals surface area (Å²) >= 11 is 0. The van der Waals surface area contributed by atoms with E-state index in [1.165, 1.54) is 12.3 Å². The predicted octanol–water partition coefficient (Wildman–Crippen LogP) is 0.293. The zero-order valence-corrected chi connectivity index (χ0v) is 13.6. The molecule has 1 saturated heterocycles. The van der Waals surface area contributed by atoms with E-state index in [1.54, 1.807) is 13.8 Å². The highest BCUT2D eigenvalue weighted by atomic mass is 16.7. The van der Waals surface area contributed by atoms with Crippen molar-refractivity contribution in [3.8, 4) is 0 Å². The number of nitrogens with one attached hydrogen (secondary N) is 2. The van der Waals surface area contributed by atoms with Gasteiger partial charge >= 0.3 is 0 Å². The van der Waals surface area contributed by atoms with Gasteiger partial charge in [0, 0.05) is 30.8 Å². The fraction of sp³-hybridized carbons (Fsp3) is 0.733. The Labute approximate surface area is 131 Å². The molecule has 1 heterocycles. The van der Waals surface area contributed by atoms with Crippen LogP contribution in [0.3, 0.4) is 0 Å². The van der Waals surface area contributed by atoms with Crippen LogP contribution in [-0.4, -0.2) is 48.6 Å². The van der Waals surface area contributed by atoms with Gasteiger partial charge in [-0.15, -0.1) is 0 Å². The molecule has 0 spiro atoms. The molecule has 0 aromatic heterocycles. The van der Waals surface area contributed by atoms with Gasteiger partial charge in [0.25, 0.3) is 5.91 Å². The Balaban J connectivity index is 2.51. The Morgan fingerprint density at radius 1 is 1.32 bits per heavy atom. The zero-order valence-electron chi connectivity index (χ0n) is 13.6. The van der Waals surface area contributed by atoms with E-state index in [0.29, 0.717) is 19.6 Å². The lowest BCUT2D eigenvalue weighted by Gasteiger charge is -2.44. The summed E-state index contributed by atoms with van der Waals surface area (Å²) in [6.45, 7) is 8.10. The number of carbonyl (C=O) groups excluding carboxylic acids is 2. The number of carbonyl (C=O) groups is 2. The summed E-state index contributed by atoms with van der Waals surface area (Å²) in [5, 5.41) is 13.7. The SMILES string of the molecule is CC1(C)OCC(C)(C)C(C(=O)N/C=C/C(=O)NCCCO)O1. The van der Waals surface area contributed by atoms with Crippen molar-refractivity contribution in [1.29, 1.82) is 0 Å². The van der Waals surface area contributed by atoms with Crippen molar-refractivity contribution in [3.63, 3.8) is 0 Å². The van der Waals surface area contributed by atoms with Crippen LogP contribution in [-0.2, 0) is 19.1 Å². The average molecular weight is 314 g/mol. The van der Waals surface area contributed by atoms with Gasteiger partial charge < -0.3 is 25.2 Å². The number of rotatable bonds is 6. The van der Waals surface area contributed by atoms with Gasteiger partial charge in [-0.3, -0.25) is 9.59 Å². The van der Waals surface area contributed by atoms with Crippen LogP contribution >= 0.6 is 0 Å². The molecule has 1 fully saturated rings. The summed E-state index contributed by atoms with van der Waals surface area (Å²) < 4.78 is 11.2. The molecule has 1 rings (SSSR count). The molecule has 2 amide bonds. The molecule has 0 aliphatic carbocycles. The molecular formula is C15H26N2O5. The highest BCUT2D eigenvalue weighted by Crippen LogP contribution is 2.34. The van der Waals surface area contributed by atoms with Crippen LogP contribution in [0.4, 0.5) is 0 Å². The molecule has 0 aromatic rings. The maximum absolute atomic E-state index is 12.2. The van der Waals surface area contributed by atoms with E-state index in [0.717, 1.165) is 0 Å². The second-order valence-corrected chi connectivity index (χ2v) is 6.39. The molecule has 1 aliphatic rings. The molecule has 0 radical (unpaired) electrons. The van der Waals surface area contributed by atoms with E-state index in [4.69, 9.17) is 14.6 Å². The lowest BCUT2D eigenvalue weighted by Crippen LogP contribution is -2.55. The smallest absolute Gasteiger partial charge is 0.253 e. The van der Waals surface area contributed by atoms with E-state index in [9.17, 15) is 9.59 Å². The molecule has 126 valence electrons. The molecule has 22 heavy (non-hydrogen) atoms. The third-order valence-electron chi connectivity index (χ3n) is 3.24. The minimum Gasteiger partial charge on any atom is -0.396 e. The molecule has 0 bridgehead atoms. The summed E-state index contributed by atoms with van der Waals surface area (Å²) in [5.74, 6) is -1.47. The number of hydrogen-bond donors (Lipinski definition) is 3.